The van der Waals surface area contributed by atoms with Crippen LogP contribution in [0.4, 0.5) is 10.5 Å². The third-order valence-corrected chi connectivity index (χ3v) is 3.23. The van der Waals surface area contributed by atoms with Crippen molar-refractivity contribution >= 4 is 17.7 Å². The molecule has 0 saturated carbocycles. The lowest BCUT2D eigenvalue weighted by molar-refractivity contribution is 0.0279. The fourth-order valence-corrected chi connectivity index (χ4v) is 2.06. The fourth-order valence-electron chi connectivity index (χ4n) is 2.06. The Morgan fingerprint density at radius 2 is 1.92 bits per heavy atom. The fraction of sp³-hybridized carbons (Fsp3) is 0.556. The number of methoxy groups -OCH3 is 1. The van der Waals surface area contributed by atoms with E-state index in [1.807, 2.05) is 52.0 Å². The van der Waals surface area contributed by atoms with Gasteiger partial charge in [-0.3, -0.25) is 4.99 Å². The zero-order valence-electron chi connectivity index (χ0n) is 16.0. The van der Waals surface area contributed by atoms with Crippen molar-refractivity contribution in [1.82, 2.24) is 4.90 Å². The van der Waals surface area contributed by atoms with Gasteiger partial charge in [-0.15, -0.1) is 0 Å². The monoisotopic (exact) mass is 350 g/mol. The average molecular weight is 350 g/mol. The summed E-state index contributed by atoms with van der Waals surface area (Å²) >= 11 is 0. The molecule has 3 N–H and O–H groups in total. The second kappa shape index (κ2) is 9.15. The Morgan fingerprint density at radius 3 is 2.44 bits per heavy atom. The van der Waals surface area contributed by atoms with Gasteiger partial charge in [0.2, 0.25) is 0 Å². The first-order chi connectivity index (χ1) is 11.6. The molecular weight excluding hydrogens is 320 g/mol. The Morgan fingerprint density at radius 1 is 1.32 bits per heavy atom. The van der Waals surface area contributed by atoms with Crippen molar-refractivity contribution in [3.8, 4) is 5.75 Å². The van der Waals surface area contributed by atoms with E-state index in [9.17, 15) is 4.79 Å². The van der Waals surface area contributed by atoms with Crippen LogP contribution in [-0.2, 0) is 4.74 Å². The van der Waals surface area contributed by atoms with Crippen LogP contribution in [0.5, 0.6) is 5.75 Å². The number of carbonyl (C=O) groups is 1. The van der Waals surface area contributed by atoms with E-state index in [2.05, 4.69) is 10.3 Å². The molecule has 1 rings (SSSR count). The Kier molecular flexibility index (Phi) is 7.54. The Labute approximate surface area is 150 Å². The molecular formula is C18H30N4O3. The van der Waals surface area contributed by atoms with E-state index in [1.165, 1.54) is 0 Å². The highest BCUT2D eigenvalue weighted by Crippen LogP contribution is 2.14. The lowest BCUT2D eigenvalue weighted by atomic mass is 10.2. The number of benzene rings is 1. The van der Waals surface area contributed by atoms with E-state index in [4.69, 9.17) is 15.2 Å². The van der Waals surface area contributed by atoms with Crippen LogP contribution in [0.3, 0.4) is 0 Å². The molecule has 0 heterocycles. The number of hydrogen-bond acceptors (Lipinski definition) is 4. The van der Waals surface area contributed by atoms with Gasteiger partial charge >= 0.3 is 6.09 Å². The van der Waals surface area contributed by atoms with E-state index in [-0.39, 0.29) is 12.0 Å². The predicted octanol–water partition coefficient (Wildman–Crippen LogP) is 2.92. The van der Waals surface area contributed by atoms with Crippen LogP contribution in [0.1, 0.15) is 27.7 Å². The lowest BCUT2D eigenvalue weighted by Crippen LogP contribution is -2.37. The molecule has 140 valence electrons. The summed E-state index contributed by atoms with van der Waals surface area (Å²) in [7, 11) is 3.33. The number of nitrogens with one attached hydrogen (secondary N) is 1. The van der Waals surface area contributed by atoms with Crippen LogP contribution in [-0.4, -0.2) is 49.8 Å². The molecule has 25 heavy (non-hydrogen) atoms. The molecule has 0 bridgehead atoms. The number of carbonyl (C=O) groups excluding carboxylic acids is 1. The minimum atomic E-state index is -0.501. The predicted molar refractivity (Wildman–Crippen MR) is 101 cm³/mol. The number of ether oxygens (including phenoxy) is 2. The first-order valence-corrected chi connectivity index (χ1v) is 8.26. The van der Waals surface area contributed by atoms with Crippen molar-refractivity contribution in [2.45, 2.75) is 33.3 Å². The Hall–Kier alpha value is -2.44. The molecule has 0 saturated heterocycles. The second-order valence-electron chi connectivity index (χ2n) is 7.05. The van der Waals surface area contributed by atoms with Crippen molar-refractivity contribution in [3.63, 3.8) is 0 Å². The summed E-state index contributed by atoms with van der Waals surface area (Å²) in [5, 5.41) is 3.02. The number of guanidine groups is 1. The van der Waals surface area contributed by atoms with Crippen LogP contribution in [0.2, 0.25) is 0 Å². The van der Waals surface area contributed by atoms with E-state index >= 15 is 0 Å². The van der Waals surface area contributed by atoms with Gasteiger partial charge in [0, 0.05) is 25.8 Å². The van der Waals surface area contributed by atoms with Gasteiger partial charge in [0.1, 0.15) is 11.4 Å². The maximum Gasteiger partial charge on any atom is 0.410 e. The highest BCUT2D eigenvalue weighted by Gasteiger charge is 2.20. The van der Waals surface area contributed by atoms with E-state index in [1.54, 1.807) is 19.1 Å². The van der Waals surface area contributed by atoms with Gasteiger partial charge in [0.05, 0.1) is 7.11 Å². The second-order valence-corrected chi connectivity index (χ2v) is 7.05. The maximum atomic E-state index is 11.9. The molecule has 1 atom stereocenters. The van der Waals surface area contributed by atoms with Gasteiger partial charge in [-0.05, 0) is 51.0 Å². The smallest absolute Gasteiger partial charge is 0.410 e. The number of rotatable bonds is 6. The Balaban J connectivity index is 2.46. The first kappa shape index (κ1) is 20.6. The third kappa shape index (κ3) is 8.28. The van der Waals surface area contributed by atoms with E-state index in [0.717, 1.165) is 11.4 Å². The van der Waals surface area contributed by atoms with Crippen molar-refractivity contribution < 1.29 is 14.3 Å². The first-order valence-electron chi connectivity index (χ1n) is 8.26. The molecule has 1 aromatic rings. The Bertz CT molecular complexity index is 579. The number of amides is 1. The van der Waals surface area contributed by atoms with Crippen LogP contribution >= 0.6 is 0 Å². The summed E-state index contributed by atoms with van der Waals surface area (Å²) in [4.78, 5) is 17.8. The summed E-state index contributed by atoms with van der Waals surface area (Å²) in [6.07, 6.45) is -0.340. The standard InChI is InChI=1S/C18H30N4O3/c1-13(12-22(5)17(23)25-18(2,3)4)11-20-16(19)21-14-7-9-15(24-6)10-8-14/h7-10,13H,11-12H2,1-6H3,(H3,19,20,21). The molecule has 0 aliphatic carbocycles. The molecule has 0 radical (unpaired) electrons. The highest BCUT2D eigenvalue weighted by molar-refractivity contribution is 5.92. The quantitative estimate of drug-likeness (QED) is 0.608. The minimum absolute atomic E-state index is 0.147. The van der Waals surface area contributed by atoms with Gasteiger partial charge < -0.3 is 25.4 Å². The topological polar surface area (TPSA) is 89.2 Å². The third-order valence-electron chi connectivity index (χ3n) is 3.23. The zero-order chi connectivity index (χ0) is 19.0. The number of nitrogens with two attached hydrogens (primary N) is 1. The van der Waals surface area contributed by atoms with Crippen LogP contribution in [0.15, 0.2) is 29.3 Å². The number of hydrogen-bond donors (Lipinski definition) is 2. The van der Waals surface area contributed by atoms with Gasteiger partial charge in [0.25, 0.3) is 0 Å². The van der Waals surface area contributed by atoms with E-state index in [0.29, 0.717) is 19.0 Å². The SMILES string of the molecule is COc1ccc(NC(N)=NCC(C)CN(C)C(=O)OC(C)(C)C)cc1. The van der Waals surface area contributed by atoms with Crippen LogP contribution in [0.25, 0.3) is 0 Å². The molecule has 1 aromatic carbocycles. The molecule has 7 nitrogen and oxygen atoms in total. The largest absolute Gasteiger partial charge is 0.497 e. The highest BCUT2D eigenvalue weighted by atomic mass is 16.6. The summed E-state index contributed by atoms with van der Waals surface area (Å²) < 4.78 is 10.4. The van der Waals surface area contributed by atoms with Crippen LogP contribution < -0.4 is 15.8 Å². The number of anilines is 1. The summed E-state index contributed by atoms with van der Waals surface area (Å²) in [6.45, 7) is 8.58. The van der Waals surface area contributed by atoms with E-state index < -0.39 is 5.60 Å². The summed E-state index contributed by atoms with van der Waals surface area (Å²) in [5.41, 5.74) is 6.23. The van der Waals surface area contributed by atoms with Crippen molar-refractivity contribution in [2.24, 2.45) is 16.6 Å². The molecule has 0 aliphatic rings. The number of aliphatic imine (C=N–C) groups is 1. The number of nitrogens with zero attached hydrogens (tertiary/aromatic N) is 2. The average Bonchev–Trinajstić information content (AvgIpc) is 2.52. The summed E-state index contributed by atoms with van der Waals surface area (Å²) in [6, 6.07) is 7.41. The maximum absolute atomic E-state index is 11.9. The van der Waals surface area contributed by atoms with Crippen molar-refractivity contribution in [1.29, 1.82) is 0 Å². The van der Waals surface area contributed by atoms with Gasteiger partial charge in [-0.1, -0.05) is 6.92 Å². The molecule has 0 aromatic heterocycles. The molecule has 0 spiro atoms. The van der Waals surface area contributed by atoms with Gasteiger partial charge in [0.15, 0.2) is 5.96 Å². The van der Waals surface area contributed by atoms with Crippen molar-refractivity contribution in [3.05, 3.63) is 24.3 Å². The molecule has 1 unspecified atom stereocenters. The molecule has 7 heteroatoms. The zero-order valence-corrected chi connectivity index (χ0v) is 16.0. The summed E-state index contributed by atoms with van der Waals surface area (Å²) in [5.74, 6) is 1.26. The van der Waals surface area contributed by atoms with Crippen molar-refractivity contribution in [2.75, 3.05) is 32.6 Å². The van der Waals surface area contributed by atoms with Crippen LogP contribution in [0, 0.1) is 5.92 Å². The molecule has 1 amide bonds. The lowest BCUT2D eigenvalue weighted by Gasteiger charge is -2.26. The van der Waals surface area contributed by atoms with Gasteiger partial charge in [-0.25, -0.2) is 4.79 Å². The molecule has 0 aliphatic heterocycles. The molecule has 0 fully saturated rings. The minimum Gasteiger partial charge on any atom is -0.497 e. The van der Waals surface area contributed by atoms with Gasteiger partial charge in [-0.2, -0.15) is 0 Å². The normalized spacial score (nSPS) is 13.1.